The minimum atomic E-state index is -0.249. The third-order valence-corrected chi connectivity index (χ3v) is 4.10. The minimum absolute atomic E-state index is 0.249. The number of aryl methyl sites for hydroxylation is 1. The Bertz CT molecular complexity index is 439. The highest BCUT2D eigenvalue weighted by atomic mass is 35.5. The van der Waals surface area contributed by atoms with Gasteiger partial charge in [0.05, 0.1) is 11.5 Å². The van der Waals surface area contributed by atoms with Gasteiger partial charge >= 0.3 is 0 Å². The molecule has 0 aliphatic heterocycles. The van der Waals surface area contributed by atoms with E-state index in [1.807, 2.05) is 19.9 Å². The van der Waals surface area contributed by atoms with E-state index in [4.69, 9.17) is 11.6 Å². The Balaban J connectivity index is 2.55. The first-order valence-electron chi connectivity index (χ1n) is 5.28. The number of nitrogens with zero attached hydrogens (tertiary/aromatic N) is 1. The van der Waals surface area contributed by atoms with Crippen LogP contribution in [-0.4, -0.2) is 0 Å². The van der Waals surface area contributed by atoms with Crippen LogP contribution < -0.4 is 0 Å². The summed E-state index contributed by atoms with van der Waals surface area (Å²) in [6.07, 6.45) is 3.10. The molecule has 15 heavy (non-hydrogen) atoms. The lowest BCUT2D eigenvalue weighted by Crippen LogP contribution is -2.33. The van der Waals surface area contributed by atoms with E-state index in [1.54, 1.807) is 0 Å². The molecule has 0 unspecified atom stereocenters. The van der Waals surface area contributed by atoms with Crippen molar-refractivity contribution in [3.05, 3.63) is 33.8 Å². The third kappa shape index (κ3) is 1.44. The fourth-order valence-electron chi connectivity index (χ4n) is 2.31. The monoisotopic (exact) mass is 219 g/mol. The van der Waals surface area contributed by atoms with Gasteiger partial charge < -0.3 is 0 Å². The minimum Gasteiger partial charge on any atom is -0.197 e. The first-order chi connectivity index (χ1) is 7.10. The lowest BCUT2D eigenvalue weighted by molar-refractivity contribution is 0.323. The van der Waals surface area contributed by atoms with Gasteiger partial charge in [0.2, 0.25) is 0 Å². The van der Waals surface area contributed by atoms with Crippen molar-refractivity contribution in [2.45, 2.75) is 38.5 Å². The maximum Gasteiger partial charge on any atom is 0.0825 e. The zero-order valence-corrected chi connectivity index (χ0v) is 9.86. The standard InChI is InChI=1S/C13H14ClN/c1-9-4-5-11(10(2)12(9)14)13(8-15)6-3-7-13/h4-5H,3,6-7H2,1-2H3. The molecule has 0 saturated heterocycles. The van der Waals surface area contributed by atoms with Crippen molar-refractivity contribution in [2.75, 3.05) is 0 Å². The number of nitriles is 1. The molecular formula is C13H14ClN. The number of halogens is 1. The van der Waals surface area contributed by atoms with Crippen molar-refractivity contribution in [3.8, 4) is 6.07 Å². The van der Waals surface area contributed by atoms with E-state index in [-0.39, 0.29) is 5.41 Å². The molecule has 0 amide bonds. The largest absolute Gasteiger partial charge is 0.197 e. The van der Waals surface area contributed by atoms with E-state index >= 15 is 0 Å². The summed E-state index contributed by atoms with van der Waals surface area (Å²) < 4.78 is 0. The van der Waals surface area contributed by atoms with E-state index < -0.39 is 0 Å². The molecule has 1 saturated carbocycles. The summed E-state index contributed by atoms with van der Waals surface area (Å²) in [4.78, 5) is 0. The average molecular weight is 220 g/mol. The lowest BCUT2D eigenvalue weighted by Gasteiger charge is -2.37. The van der Waals surface area contributed by atoms with Crippen molar-refractivity contribution in [2.24, 2.45) is 0 Å². The molecule has 1 nitrogen and oxygen atoms in total. The second-order valence-corrected chi connectivity index (χ2v) is 4.79. The summed E-state index contributed by atoms with van der Waals surface area (Å²) in [5.41, 5.74) is 3.05. The summed E-state index contributed by atoms with van der Waals surface area (Å²) in [6.45, 7) is 4.01. The second kappa shape index (κ2) is 3.54. The van der Waals surface area contributed by atoms with Crippen LogP contribution in [0, 0.1) is 25.2 Å². The molecule has 0 spiro atoms. The van der Waals surface area contributed by atoms with Crippen LogP contribution in [0.2, 0.25) is 5.02 Å². The zero-order chi connectivity index (χ0) is 11.1. The van der Waals surface area contributed by atoms with Crippen molar-refractivity contribution in [1.29, 1.82) is 5.26 Å². The molecule has 1 fully saturated rings. The molecule has 1 aromatic carbocycles. The van der Waals surface area contributed by atoms with Gasteiger partial charge in [0.15, 0.2) is 0 Å². The third-order valence-electron chi connectivity index (χ3n) is 3.52. The summed E-state index contributed by atoms with van der Waals surface area (Å²) in [6, 6.07) is 6.54. The van der Waals surface area contributed by atoms with Crippen LogP contribution in [0.25, 0.3) is 0 Å². The van der Waals surface area contributed by atoms with Gasteiger partial charge in [-0.2, -0.15) is 5.26 Å². The first kappa shape index (κ1) is 10.5. The molecule has 78 valence electrons. The molecule has 0 N–H and O–H groups in total. The Labute approximate surface area is 95.7 Å². The molecule has 2 rings (SSSR count). The van der Waals surface area contributed by atoms with E-state index in [9.17, 15) is 5.26 Å². The highest BCUT2D eigenvalue weighted by Crippen LogP contribution is 2.45. The molecule has 1 aliphatic rings. The van der Waals surface area contributed by atoms with Crippen LogP contribution in [0.15, 0.2) is 12.1 Å². The van der Waals surface area contributed by atoms with Crippen molar-refractivity contribution in [3.63, 3.8) is 0 Å². The lowest BCUT2D eigenvalue weighted by atomic mass is 9.64. The van der Waals surface area contributed by atoms with Gasteiger partial charge in [-0.25, -0.2) is 0 Å². The Morgan fingerprint density at radius 3 is 2.47 bits per heavy atom. The van der Waals surface area contributed by atoms with Gasteiger partial charge in [-0.15, -0.1) is 0 Å². The van der Waals surface area contributed by atoms with Gasteiger partial charge in [-0.3, -0.25) is 0 Å². The van der Waals surface area contributed by atoms with Gasteiger partial charge in [-0.05, 0) is 49.8 Å². The molecule has 1 aromatic rings. The highest BCUT2D eigenvalue weighted by Gasteiger charge is 2.40. The molecule has 1 aliphatic carbocycles. The number of hydrogen-bond acceptors (Lipinski definition) is 1. The fraction of sp³-hybridized carbons (Fsp3) is 0.462. The predicted octanol–water partition coefficient (Wildman–Crippen LogP) is 3.90. The molecule has 0 radical (unpaired) electrons. The fourth-order valence-corrected chi connectivity index (χ4v) is 2.48. The summed E-state index contributed by atoms with van der Waals surface area (Å²) >= 11 is 6.22. The molecule has 0 heterocycles. The second-order valence-electron chi connectivity index (χ2n) is 4.42. The first-order valence-corrected chi connectivity index (χ1v) is 5.66. The Morgan fingerprint density at radius 1 is 1.33 bits per heavy atom. The van der Waals surface area contributed by atoms with E-state index in [0.29, 0.717) is 0 Å². The topological polar surface area (TPSA) is 23.8 Å². The van der Waals surface area contributed by atoms with Gasteiger partial charge in [-0.1, -0.05) is 23.7 Å². The van der Waals surface area contributed by atoms with Crippen molar-refractivity contribution >= 4 is 11.6 Å². The predicted molar refractivity (Wildman–Crippen MR) is 62.1 cm³/mol. The molecule has 0 aromatic heterocycles. The Morgan fingerprint density at radius 2 is 2.00 bits per heavy atom. The normalized spacial score (nSPS) is 18.0. The molecular weight excluding hydrogens is 206 g/mol. The van der Waals surface area contributed by atoms with Crippen LogP contribution in [-0.2, 0) is 5.41 Å². The van der Waals surface area contributed by atoms with Crippen LogP contribution in [0.5, 0.6) is 0 Å². The van der Waals surface area contributed by atoms with Crippen LogP contribution in [0.1, 0.15) is 36.0 Å². The smallest absolute Gasteiger partial charge is 0.0825 e. The maximum atomic E-state index is 9.28. The number of rotatable bonds is 1. The number of hydrogen-bond donors (Lipinski definition) is 0. The van der Waals surface area contributed by atoms with Crippen LogP contribution >= 0.6 is 11.6 Å². The zero-order valence-electron chi connectivity index (χ0n) is 9.10. The molecule has 2 heteroatoms. The van der Waals surface area contributed by atoms with Crippen molar-refractivity contribution < 1.29 is 0 Å². The van der Waals surface area contributed by atoms with Gasteiger partial charge in [0, 0.05) is 5.02 Å². The van der Waals surface area contributed by atoms with Crippen molar-refractivity contribution in [1.82, 2.24) is 0 Å². The van der Waals surface area contributed by atoms with E-state index in [1.165, 1.54) is 0 Å². The summed E-state index contributed by atoms with van der Waals surface area (Å²) in [7, 11) is 0. The Hall–Kier alpha value is -1.00. The van der Waals surface area contributed by atoms with E-state index in [2.05, 4.69) is 12.1 Å². The van der Waals surface area contributed by atoms with Gasteiger partial charge in [0.25, 0.3) is 0 Å². The Kier molecular flexibility index (Phi) is 2.48. The molecule has 0 atom stereocenters. The van der Waals surface area contributed by atoms with Crippen LogP contribution in [0.3, 0.4) is 0 Å². The summed E-state index contributed by atoms with van der Waals surface area (Å²) in [5.74, 6) is 0. The SMILES string of the molecule is Cc1ccc(C2(C#N)CCC2)c(C)c1Cl. The molecule has 0 bridgehead atoms. The maximum absolute atomic E-state index is 9.28. The number of benzene rings is 1. The highest BCUT2D eigenvalue weighted by molar-refractivity contribution is 6.32. The average Bonchev–Trinajstić information content (AvgIpc) is 2.17. The van der Waals surface area contributed by atoms with Crippen LogP contribution in [0.4, 0.5) is 0 Å². The van der Waals surface area contributed by atoms with Gasteiger partial charge in [0.1, 0.15) is 0 Å². The summed E-state index contributed by atoms with van der Waals surface area (Å²) in [5, 5.41) is 10.1. The van der Waals surface area contributed by atoms with E-state index in [0.717, 1.165) is 41.0 Å². The quantitative estimate of drug-likeness (QED) is 0.703.